The Hall–Kier alpha value is -1.42. The minimum atomic E-state index is 0.449. The van der Waals surface area contributed by atoms with Gasteiger partial charge < -0.3 is 19.9 Å². The molecule has 0 heterocycles. The molecule has 2 N–H and O–H groups in total. The topological polar surface area (TPSA) is 53.7 Å². The second-order valence-corrected chi connectivity index (χ2v) is 2.84. The largest absolute Gasteiger partial charge is 0.497 e. The Bertz CT molecular complexity index is 312. The molecule has 0 atom stereocenters. The molecule has 0 fully saturated rings. The Balaban J connectivity index is 3.13. The lowest BCUT2D eigenvalue weighted by molar-refractivity contribution is 0.181. The van der Waals surface area contributed by atoms with Gasteiger partial charge in [-0.1, -0.05) is 0 Å². The van der Waals surface area contributed by atoms with Gasteiger partial charge in [0.1, 0.15) is 11.5 Å². The molecule has 0 radical (unpaired) electrons. The Morgan fingerprint density at radius 2 is 1.86 bits per heavy atom. The van der Waals surface area contributed by atoms with Crippen LogP contribution in [-0.2, 0) is 11.3 Å². The molecule has 0 unspecified atom stereocenters. The normalized spacial score (nSPS) is 9.93. The van der Waals surface area contributed by atoms with Gasteiger partial charge in [-0.05, 0) is 6.07 Å². The van der Waals surface area contributed by atoms with Crippen LogP contribution >= 0.6 is 0 Å². The number of benzene rings is 1. The molecule has 0 saturated heterocycles. The van der Waals surface area contributed by atoms with Crippen LogP contribution < -0.4 is 15.2 Å². The van der Waals surface area contributed by atoms with E-state index in [-0.39, 0.29) is 0 Å². The Labute approximate surface area is 83.6 Å². The maximum Gasteiger partial charge on any atom is 0.147 e. The van der Waals surface area contributed by atoms with E-state index in [1.54, 1.807) is 27.4 Å². The monoisotopic (exact) mass is 197 g/mol. The molecule has 4 heteroatoms. The van der Waals surface area contributed by atoms with Crippen LogP contribution in [0.3, 0.4) is 0 Å². The number of rotatable bonds is 4. The zero-order chi connectivity index (χ0) is 10.6. The first kappa shape index (κ1) is 10.7. The van der Waals surface area contributed by atoms with Crippen molar-refractivity contribution in [2.24, 2.45) is 0 Å². The van der Waals surface area contributed by atoms with Crippen LogP contribution in [0.15, 0.2) is 12.1 Å². The summed E-state index contributed by atoms with van der Waals surface area (Å²) in [6, 6.07) is 3.57. The number of hydrogen-bond acceptors (Lipinski definition) is 4. The first-order chi connectivity index (χ1) is 6.72. The van der Waals surface area contributed by atoms with E-state index in [0.717, 1.165) is 5.56 Å². The zero-order valence-corrected chi connectivity index (χ0v) is 8.66. The Kier molecular flexibility index (Phi) is 3.59. The van der Waals surface area contributed by atoms with Crippen LogP contribution in [0, 0.1) is 0 Å². The van der Waals surface area contributed by atoms with Crippen molar-refractivity contribution < 1.29 is 14.2 Å². The highest BCUT2D eigenvalue weighted by Crippen LogP contribution is 2.31. The van der Waals surface area contributed by atoms with Gasteiger partial charge in [-0.2, -0.15) is 0 Å². The number of nitrogens with two attached hydrogens (primary N) is 1. The molecule has 1 rings (SSSR count). The summed E-state index contributed by atoms with van der Waals surface area (Å²) in [6.45, 7) is 0.449. The van der Waals surface area contributed by atoms with Crippen molar-refractivity contribution in [1.82, 2.24) is 0 Å². The van der Waals surface area contributed by atoms with Gasteiger partial charge >= 0.3 is 0 Å². The maximum absolute atomic E-state index is 5.78. The third kappa shape index (κ3) is 2.09. The average molecular weight is 197 g/mol. The minimum Gasteiger partial charge on any atom is -0.497 e. The van der Waals surface area contributed by atoms with Crippen molar-refractivity contribution in [3.8, 4) is 11.5 Å². The Morgan fingerprint density at radius 1 is 1.14 bits per heavy atom. The van der Waals surface area contributed by atoms with Gasteiger partial charge in [0.15, 0.2) is 0 Å². The first-order valence-electron chi connectivity index (χ1n) is 4.22. The molecule has 1 aromatic carbocycles. The molecule has 0 aliphatic carbocycles. The van der Waals surface area contributed by atoms with Gasteiger partial charge in [0.05, 0.1) is 26.5 Å². The van der Waals surface area contributed by atoms with Crippen LogP contribution in [0.2, 0.25) is 0 Å². The van der Waals surface area contributed by atoms with E-state index in [1.807, 2.05) is 6.07 Å². The molecular formula is C10H15NO3. The lowest BCUT2D eigenvalue weighted by Crippen LogP contribution is -2.00. The number of hydrogen-bond donors (Lipinski definition) is 1. The molecule has 0 aliphatic heterocycles. The predicted molar refractivity (Wildman–Crippen MR) is 54.7 cm³/mol. The fraction of sp³-hybridized carbons (Fsp3) is 0.400. The molecule has 0 bridgehead atoms. The summed E-state index contributed by atoms with van der Waals surface area (Å²) in [5.41, 5.74) is 7.21. The van der Waals surface area contributed by atoms with E-state index in [2.05, 4.69) is 0 Å². The van der Waals surface area contributed by atoms with Gasteiger partial charge in [-0.3, -0.25) is 0 Å². The second kappa shape index (κ2) is 4.72. The van der Waals surface area contributed by atoms with Gasteiger partial charge in [0.2, 0.25) is 0 Å². The summed E-state index contributed by atoms with van der Waals surface area (Å²) in [7, 11) is 4.80. The zero-order valence-electron chi connectivity index (χ0n) is 8.66. The maximum atomic E-state index is 5.78. The van der Waals surface area contributed by atoms with E-state index in [1.165, 1.54) is 0 Å². The number of methoxy groups -OCH3 is 3. The number of ether oxygens (including phenoxy) is 3. The molecule has 0 aromatic heterocycles. The summed E-state index contributed by atoms with van der Waals surface area (Å²) in [5, 5.41) is 0. The highest BCUT2D eigenvalue weighted by molar-refractivity contribution is 5.60. The molecule has 1 aromatic rings. The lowest BCUT2D eigenvalue weighted by atomic mass is 10.1. The fourth-order valence-corrected chi connectivity index (χ4v) is 1.31. The van der Waals surface area contributed by atoms with Crippen LogP contribution in [0.1, 0.15) is 5.56 Å². The summed E-state index contributed by atoms with van der Waals surface area (Å²) < 4.78 is 15.3. The lowest BCUT2D eigenvalue weighted by Gasteiger charge is -2.12. The molecule has 78 valence electrons. The third-order valence-electron chi connectivity index (χ3n) is 1.91. The van der Waals surface area contributed by atoms with E-state index in [0.29, 0.717) is 23.8 Å². The van der Waals surface area contributed by atoms with Crippen LogP contribution in [0.4, 0.5) is 5.69 Å². The van der Waals surface area contributed by atoms with Gasteiger partial charge in [0.25, 0.3) is 0 Å². The Morgan fingerprint density at radius 3 is 2.36 bits per heavy atom. The summed E-state index contributed by atoms with van der Waals surface area (Å²) in [4.78, 5) is 0. The third-order valence-corrected chi connectivity index (χ3v) is 1.91. The molecule has 4 nitrogen and oxygen atoms in total. The number of nitrogen functional groups attached to an aromatic ring is 1. The fourth-order valence-electron chi connectivity index (χ4n) is 1.31. The first-order valence-corrected chi connectivity index (χ1v) is 4.22. The molecule has 14 heavy (non-hydrogen) atoms. The standard InChI is InChI=1S/C10H15NO3/c1-12-6-7-4-8(13-2)5-9(11)10(7)14-3/h4-5H,6,11H2,1-3H3. The quantitative estimate of drug-likeness (QED) is 0.742. The van der Waals surface area contributed by atoms with E-state index < -0.39 is 0 Å². The van der Waals surface area contributed by atoms with E-state index in [4.69, 9.17) is 19.9 Å². The van der Waals surface area contributed by atoms with Crippen LogP contribution in [0.25, 0.3) is 0 Å². The van der Waals surface area contributed by atoms with Crippen molar-refractivity contribution in [3.05, 3.63) is 17.7 Å². The molecule has 0 spiro atoms. The average Bonchev–Trinajstić information content (AvgIpc) is 2.18. The SMILES string of the molecule is COCc1cc(OC)cc(N)c1OC. The summed E-state index contributed by atoms with van der Waals surface area (Å²) >= 11 is 0. The summed E-state index contributed by atoms with van der Waals surface area (Å²) in [6.07, 6.45) is 0. The summed E-state index contributed by atoms with van der Waals surface area (Å²) in [5.74, 6) is 1.35. The molecule has 0 aliphatic rings. The van der Waals surface area contributed by atoms with Crippen molar-refractivity contribution in [3.63, 3.8) is 0 Å². The van der Waals surface area contributed by atoms with Crippen molar-refractivity contribution in [2.45, 2.75) is 6.61 Å². The second-order valence-electron chi connectivity index (χ2n) is 2.84. The van der Waals surface area contributed by atoms with Gasteiger partial charge in [-0.25, -0.2) is 0 Å². The highest BCUT2D eigenvalue weighted by atomic mass is 16.5. The van der Waals surface area contributed by atoms with Crippen molar-refractivity contribution >= 4 is 5.69 Å². The van der Waals surface area contributed by atoms with Gasteiger partial charge in [-0.15, -0.1) is 0 Å². The van der Waals surface area contributed by atoms with Crippen LogP contribution in [-0.4, -0.2) is 21.3 Å². The number of anilines is 1. The predicted octanol–water partition coefficient (Wildman–Crippen LogP) is 1.43. The smallest absolute Gasteiger partial charge is 0.147 e. The molecular weight excluding hydrogens is 182 g/mol. The van der Waals surface area contributed by atoms with Crippen LogP contribution in [0.5, 0.6) is 11.5 Å². The highest BCUT2D eigenvalue weighted by Gasteiger charge is 2.09. The minimum absolute atomic E-state index is 0.449. The van der Waals surface area contributed by atoms with E-state index in [9.17, 15) is 0 Å². The van der Waals surface area contributed by atoms with Crippen molar-refractivity contribution in [2.75, 3.05) is 27.1 Å². The van der Waals surface area contributed by atoms with Gasteiger partial charge in [0, 0.05) is 18.7 Å². The molecule has 0 saturated carbocycles. The van der Waals surface area contributed by atoms with E-state index >= 15 is 0 Å². The molecule has 0 amide bonds. The van der Waals surface area contributed by atoms with Crippen molar-refractivity contribution in [1.29, 1.82) is 0 Å².